The van der Waals surface area contributed by atoms with E-state index in [0.717, 1.165) is 21.7 Å². The number of rotatable bonds is 5. The van der Waals surface area contributed by atoms with Crippen LogP contribution < -0.4 is 5.32 Å². The Morgan fingerprint density at radius 3 is 2.22 bits per heavy atom. The van der Waals surface area contributed by atoms with Crippen LogP contribution >= 0.6 is 11.8 Å². The van der Waals surface area contributed by atoms with Crippen LogP contribution in [-0.4, -0.2) is 16.1 Å². The average molecular weight is 330 g/mol. The molecule has 0 spiro atoms. The molecule has 0 saturated carbocycles. The molecule has 0 aromatic heterocycles. The minimum absolute atomic E-state index is 0.0435. The third-order valence-corrected chi connectivity index (χ3v) is 4.57. The topological polar surface area (TPSA) is 72.2 Å². The smallest absolute Gasteiger partial charge is 0.269 e. The van der Waals surface area contributed by atoms with Crippen molar-refractivity contribution in [3.8, 4) is 0 Å². The van der Waals surface area contributed by atoms with Crippen molar-refractivity contribution in [2.75, 3.05) is 5.32 Å². The molecule has 5 nitrogen and oxygen atoms in total. The van der Waals surface area contributed by atoms with Gasteiger partial charge in [-0.25, -0.2) is 0 Å². The van der Waals surface area contributed by atoms with Crippen molar-refractivity contribution in [2.24, 2.45) is 0 Å². The molecule has 1 amide bonds. The van der Waals surface area contributed by atoms with E-state index >= 15 is 0 Å². The SMILES string of the molecule is Cc1cccc(C)c1NC(=O)C(C)Sc1ccc([N+](=O)[O-])cc1. The Morgan fingerprint density at radius 1 is 1.13 bits per heavy atom. The molecule has 2 rings (SSSR count). The van der Waals surface area contributed by atoms with Gasteiger partial charge in [0.2, 0.25) is 5.91 Å². The third-order valence-electron chi connectivity index (χ3n) is 3.46. The number of hydrogen-bond acceptors (Lipinski definition) is 4. The maximum atomic E-state index is 12.4. The van der Waals surface area contributed by atoms with Gasteiger partial charge in [0.15, 0.2) is 0 Å². The zero-order chi connectivity index (χ0) is 17.0. The van der Waals surface area contributed by atoms with Gasteiger partial charge < -0.3 is 5.32 Å². The summed E-state index contributed by atoms with van der Waals surface area (Å²) >= 11 is 1.37. The number of thioether (sulfide) groups is 1. The van der Waals surface area contributed by atoms with Crippen LogP contribution in [0.25, 0.3) is 0 Å². The molecule has 120 valence electrons. The number of carbonyl (C=O) groups excluding carboxylic acids is 1. The van der Waals surface area contributed by atoms with Crippen LogP contribution in [0.4, 0.5) is 11.4 Å². The molecule has 2 aromatic carbocycles. The number of anilines is 1. The first kappa shape index (κ1) is 17.0. The minimum Gasteiger partial charge on any atom is -0.325 e. The summed E-state index contributed by atoms with van der Waals surface area (Å²) in [5, 5.41) is 13.3. The van der Waals surface area contributed by atoms with Crippen LogP contribution in [0.5, 0.6) is 0 Å². The van der Waals surface area contributed by atoms with E-state index in [0.29, 0.717) is 0 Å². The van der Waals surface area contributed by atoms with E-state index < -0.39 is 4.92 Å². The summed E-state index contributed by atoms with van der Waals surface area (Å²) in [5.74, 6) is -0.0919. The molecule has 0 aliphatic rings. The predicted octanol–water partition coefficient (Wildman–Crippen LogP) is 4.33. The molecule has 0 heterocycles. The van der Waals surface area contributed by atoms with E-state index in [-0.39, 0.29) is 16.8 Å². The number of aryl methyl sites for hydroxylation is 2. The molecule has 6 heteroatoms. The fraction of sp³-hybridized carbons (Fsp3) is 0.235. The molecule has 0 bridgehead atoms. The normalized spacial score (nSPS) is 11.8. The van der Waals surface area contributed by atoms with Gasteiger partial charge >= 0.3 is 0 Å². The molecular formula is C17H18N2O3S. The summed E-state index contributed by atoms with van der Waals surface area (Å²) < 4.78 is 0. The van der Waals surface area contributed by atoms with E-state index in [9.17, 15) is 14.9 Å². The largest absolute Gasteiger partial charge is 0.325 e. The van der Waals surface area contributed by atoms with Gasteiger partial charge in [0.05, 0.1) is 10.2 Å². The quantitative estimate of drug-likeness (QED) is 0.503. The van der Waals surface area contributed by atoms with Gasteiger partial charge in [-0.2, -0.15) is 0 Å². The molecule has 0 saturated heterocycles. The zero-order valence-electron chi connectivity index (χ0n) is 13.2. The second-order valence-corrected chi connectivity index (χ2v) is 6.68. The summed E-state index contributed by atoms with van der Waals surface area (Å²) in [6.45, 7) is 5.72. The van der Waals surface area contributed by atoms with Gasteiger partial charge in [-0.05, 0) is 44.0 Å². The van der Waals surface area contributed by atoms with Crippen LogP contribution in [0, 0.1) is 24.0 Å². The monoisotopic (exact) mass is 330 g/mol. The van der Waals surface area contributed by atoms with Gasteiger partial charge in [-0.1, -0.05) is 18.2 Å². The van der Waals surface area contributed by atoms with Crippen molar-refractivity contribution in [1.82, 2.24) is 0 Å². The zero-order valence-corrected chi connectivity index (χ0v) is 14.0. The Morgan fingerprint density at radius 2 is 1.70 bits per heavy atom. The Bertz CT molecular complexity index is 709. The molecule has 0 aliphatic heterocycles. The molecule has 1 unspecified atom stereocenters. The highest BCUT2D eigenvalue weighted by Gasteiger charge is 2.16. The predicted molar refractivity (Wildman–Crippen MR) is 93.0 cm³/mol. The minimum atomic E-state index is -0.439. The van der Waals surface area contributed by atoms with Crippen molar-refractivity contribution in [1.29, 1.82) is 0 Å². The van der Waals surface area contributed by atoms with Crippen LogP contribution in [0.1, 0.15) is 18.1 Å². The van der Waals surface area contributed by atoms with Crippen LogP contribution in [0.2, 0.25) is 0 Å². The molecule has 1 N–H and O–H groups in total. The fourth-order valence-corrected chi connectivity index (χ4v) is 3.01. The lowest BCUT2D eigenvalue weighted by atomic mass is 10.1. The molecule has 0 radical (unpaired) electrons. The summed E-state index contributed by atoms with van der Waals surface area (Å²) in [6.07, 6.45) is 0. The highest BCUT2D eigenvalue weighted by molar-refractivity contribution is 8.00. The van der Waals surface area contributed by atoms with Gasteiger partial charge in [0, 0.05) is 22.7 Å². The lowest BCUT2D eigenvalue weighted by Crippen LogP contribution is -2.23. The maximum absolute atomic E-state index is 12.4. The second-order valence-electron chi connectivity index (χ2n) is 5.27. The first-order valence-corrected chi connectivity index (χ1v) is 8.04. The third kappa shape index (κ3) is 4.32. The standard InChI is InChI=1S/C17H18N2O3S/c1-11-5-4-6-12(2)16(11)18-17(20)13(3)23-15-9-7-14(8-10-15)19(21)22/h4-10,13H,1-3H3,(H,18,20). The number of amides is 1. The Labute approximate surface area is 139 Å². The molecule has 23 heavy (non-hydrogen) atoms. The molecular weight excluding hydrogens is 312 g/mol. The summed E-state index contributed by atoms with van der Waals surface area (Å²) in [5.41, 5.74) is 2.92. The summed E-state index contributed by atoms with van der Waals surface area (Å²) in [7, 11) is 0. The number of non-ortho nitro benzene ring substituents is 1. The maximum Gasteiger partial charge on any atom is 0.269 e. The fourth-order valence-electron chi connectivity index (χ4n) is 2.14. The second kappa shape index (κ2) is 7.28. The number of benzene rings is 2. The average Bonchev–Trinajstić information content (AvgIpc) is 2.51. The van der Waals surface area contributed by atoms with Gasteiger partial charge in [0.1, 0.15) is 0 Å². The number of nitrogens with zero attached hydrogens (tertiary/aromatic N) is 1. The van der Waals surface area contributed by atoms with Gasteiger partial charge in [0.25, 0.3) is 5.69 Å². The van der Waals surface area contributed by atoms with Crippen molar-refractivity contribution >= 4 is 29.0 Å². The summed E-state index contributed by atoms with van der Waals surface area (Å²) in [6, 6.07) is 12.1. The number of nitrogens with one attached hydrogen (secondary N) is 1. The van der Waals surface area contributed by atoms with Crippen LogP contribution in [0.3, 0.4) is 0 Å². The Balaban J connectivity index is 2.04. The van der Waals surface area contributed by atoms with E-state index in [1.807, 2.05) is 39.0 Å². The summed E-state index contributed by atoms with van der Waals surface area (Å²) in [4.78, 5) is 23.4. The number of nitro groups is 1. The van der Waals surface area contributed by atoms with Crippen LogP contribution in [0.15, 0.2) is 47.4 Å². The van der Waals surface area contributed by atoms with Gasteiger partial charge in [-0.3, -0.25) is 14.9 Å². The van der Waals surface area contributed by atoms with Crippen molar-refractivity contribution in [3.63, 3.8) is 0 Å². The van der Waals surface area contributed by atoms with Crippen molar-refractivity contribution < 1.29 is 9.72 Å². The van der Waals surface area contributed by atoms with E-state index in [1.54, 1.807) is 12.1 Å². The number of nitro benzene ring substituents is 1. The number of para-hydroxylation sites is 1. The lowest BCUT2D eigenvalue weighted by Gasteiger charge is -2.15. The first-order valence-electron chi connectivity index (χ1n) is 7.16. The molecule has 2 aromatic rings. The highest BCUT2D eigenvalue weighted by atomic mass is 32.2. The molecule has 0 fully saturated rings. The van der Waals surface area contributed by atoms with Crippen molar-refractivity contribution in [2.45, 2.75) is 30.9 Å². The van der Waals surface area contributed by atoms with Gasteiger partial charge in [-0.15, -0.1) is 11.8 Å². The van der Waals surface area contributed by atoms with Crippen LogP contribution in [-0.2, 0) is 4.79 Å². The van der Waals surface area contributed by atoms with E-state index in [1.165, 1.54) is 23.9 Å². The van der Waals surface area contributed by atoms with Crippen molar-refractivity contribution in [3.05, 3.63) is 63.7 Å². The lowest BCUT2D eigenvalue weighted by molar-refractivity contribution is -0.384. The Kier molecular flexibility index (Phi) is 5.39. The molecule has 0 aliphatic carbocycles. The Hall–Kier alpha value is -2.34. The number of hydrogen-bond donors (Lipinski definition) is 1. The van der Waals surface area contributed by atoms with E-state index in [2.05, 4.69) is 5.32 Å². The molecule has 1 atom stereocenters. The highest BCUT2D eigenvalue weighted by Crippen LogP contribution is 2.27. The number of carbonyl (C=O) groups is 1. The first-order chi connectivity index (χ1) is 10.9. The van der Waals surface area contributed by atoms with E-state index in [4.69, 9.17) is 0 Å².